The Labute approximate surface area is 139 Å². The second-order valence-electron chi connectivity index (χ2n) is 4.60. The number of hydrogen-bond donors (Lipinski definition) is 0. The second kappa shape index (κ2) is 6.41. The molecule has 1 aromatic carbocycles. The molecule has 0 bridgehead atoms. The maximum absolute atomic E-state index is 12.0. The molecule has 2 heterocycles. The molecule has 22 heavy (non-hydrogen) atoms. The van der Waals surface area contributed by atoms with E-state index in [4.69, 9.17) is 4.74 Å². The van der Waals surface area contributed by atoms with Gasteiger partial charge in [-0.2, -0.15) is 5.10 Å². The Morgan fingerprint density at radius 3 is 2.95 bits per heavy atom. The molecule has 0 saturated heterocycles. The summed E-state index contributed by atoms with van der Waals surface area (Å²) < 4.78 is 7.75. The van der Waals surface area contributed by atoms with Crippen LogP contribution in [0.15, 0.2) is 46.5 Å². The largest absolute Gasteiger partial charge is 0.456 e. The van der Waals surface area contributed by atoms with Gasteiger partial charge < -0.3 is 4.74 Å². The van der Waals surface area contributed by atoms with Crippen LogP contribution >= 0.6 is 27.3 Å². The number of aromatic nitrogens is 3. The quantitative estimate of drug-likeness (QED) is 0.651. The zero-order valence-electron chi connectivity index (χ0n) is 11.7. The summed E-state index contributed by atoms with van der Waals surface area (Å²) in [4.78, 5) is 16.5. The number of nitrogens with zero attached hydrogens (tertiary/aromatic N) is 3. The fourth-order valence-electron chi connectivity index (χ4n) is 1.88. The summed E-state index contributed by atoms with van der Waals surface area (Å²) in [5.74, 6) is -0.372. The van der Waals surface area contributed by atoms with Gasteiger partial charge >= 0.3 is 5.97 Å². The second-order valence-corrected chi connectivity index (χ2v) is 6.32. The van der Waals surface area contributed by atoms with Crippen LogP contribution in [0.5, 0.6) is 0 Å². The van der Waals surface area contributed by atoms with Crippen LogP contribution in [0, 0.1) is 0 Å². The number of aryl methyl sites for hydroxylation is 1. The Balaban J connectivity index is 1.66. The van der Waals surface area contributed by atoms with Crippen molar-refractivity contribution in [3.05, 3.63) is 57.8 Å². The lowest BCUT2D eigenvalue weighted by Crippen LogP contribution is -2.06. The van der Waals surface area contributed by atoms with Gasteiger partial charge in [0.2, 0.25) is 0 Å². The number of carbonyl (C=O) groups excluding carboxylic acids is 1. The molecule has 0 atom stereocenters. The van der Waals surface area contributed by atoms with Crippen molar-refractivity contribution in [2.24, 2.45) is 7.05 Å². The highest BCUT2D eigenvalue weighted by molar-refractivity contribution is 9.10. The number of carbonyl (C=O) groups is 1. The van der Waals surface area contributed by atoms with E-state index < -0.39 is 0 Å². The fourth-order valence-corrected chi connectivity index (χ4v) is 3.11. The van der Waals surface area contributed by atoms with E-state index in [1.165, 1.54) is 11.3 Å². The van der Waals surface area contributed by atoms with Gasteiger partial charge in [-0.05, 0) is 28.1 Å². The van der Waals surface area contributed by atoms with E-state index in [9.17, 15) is 4.79 Å². The van der Waals surface area contributed by atoms with Crippen LogP contribution in [0.1, 0.15) is 16.1 Å². The zero-order valence-corrected chi connectivity index (χ0v) is 14.1. The van der Waals surface area contributed by atoms with Crippen molar-refractivity contribution in [2.45, 2.75) is 6.61 Å². The summed E-state index contributed by atoms with van der Waals surface area (Å²) in [5.41, 5.74) is 2.19. The van der Waals surface area contributed by atoms with Crippen molar-refractivity contribution in [2.75, 3.05) is 0 Å². The molecule has 3 aromatic rings. The van der Waals surface area contributed by atoms with Crippen LogP contribution in [0.25, 0.3) is 10.6 Å². The van der Waals surface area contributed by atoms with Crippen LogP contribution in [-0.2, 0) is 18.4 Å². The van der Waals surface area contributed by atoms with E-state index in [1.54, 1.807) is 29.1 Å². The molecule has 0 amide bonds. The minimum atomic E-state index is -0.372. The molecular weight excluding hydrogens is 366 g/mol. The average molecular weight is 378 g/mol. The molecule has 0 N–H and O–H groups in total. The third-order valence-corrected chi connectivity index (χ3v) is 4.58. The lowest BCUT2D eigenvalue weighted by molar-refractivity contribution is 0.0467. The standard InChI is InChI=1S/C15H12BrN3O2S/c1-19-7-10(6-17-19)14-18-11(9-22-14)8-21-15(20)12-4-2-3-5-13(12)16/h2-7,9H,8H2,1H3. The summed E-state index contributed by atoms with van der Waals surface area (Å²) >= 11 is 4.84. The van der Waals surface area contributed by atoms with Gasteiger partial charge in [-0.3, -0.25) is 4.68 Å². The predicted octanol–water partition coefficient (Wildman–Crippen LogP) is 3.66. The van der Waals surface area contributed by atoms with Crippen LogP contribution in [0.2, 0.25) is 0 Å². The smallest absolute Gasteiger partial charge is 0.339 e. The van der Waals surface area contributed by atoms with Gasteiger partial charge in [0.15, 0.2) is 0 Å². The lowest BCUT2D eigenvalue weighted by Gasteiger charge is -2.04. The predicted molar refractivity (Wildman–Crippen MR) is 87.6 cm³/mol. The van der Waals surface area contributed by atoms with Crippen molar-refractivity contribution in [3.8, 4) is 10.6 Å². The number of benzene rings is 1. The van der Waals surface area contributed by atoms with E-state index in [2.05, 4.69) is 26.0 Å². The topological polar surface area (TPSA) is 57.0 Å². The number of hydrogen-bond acceptors (Lipinski definition) is 5. The summed E-state index contributed by atoms with van der Waals surface area (Å²) in [7, 11) is 1.86. The molecule has 0 radical (unpaired) electrons. The summed E-state index contributed by atoms with van der Waals surface area (Å²) in [5, 5.41) is 6.86. The van der Waals surface area contributed by atoms with E-state index in [0.717, 1.165) is 16.3 Å². The molecule has 3 rings (SSSR count). The Morgan fingerprint density at radius 2 is 2.23 bits per heavy atom. The monoisotopic (exact) mass is 377 g/mol. The van der Waals surface area contributed by atoms with Crippen molar-refractivity contribution >= 4 is 33.2 Å². The zero-order chi connectivity index (χ0) is 15.5. The van der Waals surface area contributed by atoms with Crippen LogP contribution in [0.3, 0.4) is 0 Å². The Morgan fingerprint density at radius 1 is 1.41 bits per heavy atom. The summed E-state index contributed by atoms with van der Waals surface area (Å²) in [6, 6.07) is 7.17. The van der Waals surface area contributed by atoms with Crippen LogP contribution in [0.4, 0.5) is 0 Å². The molecule has 0 unspecified atom stereocenters. The van der Waals surface area contributed by atoms with Crippen molar-refractivity contribution < 1.29 is 9.53 Å². The molecular formula is C15H12BrN3O2S. The molecule has 7 heteroatoms. The molecule has 2 aromatic heterocycles. The maximum Gasteiger partial charge on any atom is 0.339 e. The van der Waals surface area contributed by atoms with Crippen LogP contribution < -0.4 is 0 Å². The molecule has 0 saturated carbocycles. The van der Waals surface area contributed by atoms with Crippen molar-refractivity contribution in [1.82, 2.24) is 14.8 Å². The highest BCUT2D eigenvalue weighted by Crippen LogP contribution is 2.23. The van der Waals surface area contributed by atoms with Crippen molar-refractivity contribution in [3.63, 3.8) is 0 Å². The SMILES string of the molecule is Cn1cc(-c2nc(COC(=O)c3ccccc3Br)cs2)cn1. The van der Waals surface area contributed by atoms with Gasteiger partial charge in [-0.15, -0.1) is 11.3 Å². The molecule has 0 aliphatic rings. The number of thiazole rings is 1. The van der Waals surface area contributed by atoms with Crippen LogP contribution in [-0.4, -0.2) is 20.7 Å². The van der Waals surface area contributed by atoms with E-state index in [0.29, 0.717) is 10.0 Å². The Hall–Kier alpha value is -1.99. The Kier molecular flexibility index (Phi) is 4.35. The first kappa shape index (κ1) is 14.9. The van der Waals surface area contributed by atoms with Gasteiger partial charge in [-0.25, -0.2) is 9.78 Å². The molecule has 0 aliphatic heterocycles. The minimum absolute atomic E-state index is 0.150. The normalized spacial score (nSPS) is 10.6. The number of esters is 1. The van der Waals surface area contributed by atoms with E-state index in [1.807, 2.05) is 24.7 Å². The highest BCUT2D eigenvalue weighted by Gasteiger charge is 2.12. The Bertz CT molecular complexity index is 812. The molecule has 0 spiro atoms. The summed E-state index contributed by atoms with van der Waals surface area (Å²) in [6.45, 7) is 0.150. The van der Waals surface area contributed by atoms with Gasteiger partial charge in [-0.1, -0.05) is 12.1 Å². The van der Waals surface area contributed by atoms with E-state index >= 15 is 0 Å². The molecule has 112 valence electrons. The van der Waals surface area contributed by atoms with E-state index in [-0.39, 0.29) is 12.6 Å². The van der Waals surface area contributed by atoms with Gasteiger partial charge in [0, 0.05) is 28.7 Å². The maximum atomic E-state index is 12.0. The van der Waals surface area contributed by atoms with Gasteiger partial charge in [0.05, 0.1) is 17.5 Å². The van der Waals surface area contributed by atoms with Crippen molar-refractivity contribution in [1.29, 1.82) is 0 Å². The fraction of sp³-hybridized carbons (Fsp3) is 0.133. The van der Waals surface area contributed by atoms with Gasteiger partial charge in [0.25, 0.3) is 0 Å². The number of ether oxygens (including phenoxy) is 1. The summed E-state index contributed by atoms with van der Waals surface area (Å²) in [6.07, 6.45) is 3.66. The third-order valence-electron chi connectivity index (χ3n) is 2.95. The highest BCUT2D eigenvalue weighted by atomic mass is 79.9. The number of rotatable bonds is 4. The first-order valence-electron chi connectivity index (χ1n) is 6.48. The first-order chi connectivity index (χ1) is 10.6. The third kappa shape index (κ3) is 3.26. The minimum Gasteiger partial charge on any atom is -0.456 e. The first-order valence-corrected chi connectivity index (χ1v) is 8.16. The molecule has 0 aliphatic carbocycles. The molecule has 0 fully saturated rings. The molecule has 5 nitrogen and oxygen atoms in total. The van der Waals surface area contributed by atoms with Gasteiger partial charge in [0.1, 0.15) is 11.6 Å². The number of halogens is 1. The lowest BCUT2D eigenvalue weighted by atomic mass is 10.2. The average Bonchev–Trinajstić information content (AvgIpc) is 3.14.